The number of carbonyl (C=O) groups excluding carboxylic acids is 2. The molecule has 1 aliphatic rings. The molecule has 2 aromatic rings. The van der Waals surface area contributed by atoms with Gasteiger partial charge in [0, 0.05) is 36.5 Å². The van der Waals surface area contributed by atoms with Gasteiger partial charge in [-0.05, 0) is 49.1 Å². The number of sulfonamides is 1. The highest BCUT2D eigenvalue weighted by molar-refractivity contribution is 7.89. The number of carbonyl (C=O) groups is 2. The molecule has 13 heteroatoms. The zero-order chi connectivity index (χ0) is 27.7. The highest BCUT2D eigenvalue weighted by Gasteiger charge is 2.32. The molecule has 1 fully saturated rings. The van der Waals surface area contributed by atoms with E-state index >= 15 is 0 Å². The Kier molecular flexibility index (Phi) is 12.7. The number of guanidine groups is 1. The Bertz CT molecular complexity index is 1230. The highest BCUT2D eigenvalue weighted by Crippen LogP contribution is 2.36. The van der Waals surface area contributed by atoms with Gasteiger partial charge in [0.05, 0.1) is 5.69 Å². The van der Waals surface area contributed by atoms with Gasteiger partial charge in [-0.25, -0.2) is 8.42 Å². The van der Waals surface area contributed by atoms with Gasteiger partial charge < -0.3 is 21.7 Å². The summed E-state index contributed by atoms with van der Waals surface area (Å²) in [6.45, 7) is 5.30. The van der Waals surface area contributed by atoms with E-state index in [-0.39, 0.29) is 60.2 Å². The molecule has 1 aromatic carbocycles. The first-order chi connectivity index (χ1) is 18.2. The van der Waals surface area contributed by atoms with Crippen LogP contribution in [0.15, 0.2) is 45.6 Å². The van der Waals surface area contributed by atoms with Crippen molar-refractivity contribution in [3.63, 3.8) is 0 Å². The SMILES string of the molecule is CCC(=O)Nc1c(-c2cccs2)cccc1S(=O)(=O)NC(CCCN=C(N)N)C(=O)N1CCC(CC)CC1.Cl. The van der Waals surface area contributed by atoms with Crippen LogP contribution in [0.1, 0.15) is 52.4 Å². The van der Waals surface area contributed by atoms with Crippen LogP contribution in [-0.2, 0) is 19.6 Å². The molecule has 0 aliphatic carbocycles. The third kappa shape index (κ3) is 8.92. The molecule has 1 aliphatic heterocycles. The van der Waals surface area contributed by atoms with E-state index in [1.54, 1.807) is 24.0 Å². The van der Waals surface area contributed by atoms with Crippen molar-refractivity contribution in [1.82, 2.24) is 9.62 Å². The Morgan fingerprint density at radius 2 is 1.87 bits per heavy atom. The first-order valence-electron chi connectivity index (χ1n) is 13.0. The number of thiophene rings is 1. The number of amides is 2. The number of nitrogens with two attached hydrogens (primary N) is 2. The zero-order valence-corrected chi connectivity index (χ0v) is 24.8. The second kappa shape index (κ2) is 15.2. The number of likely N-dealkylation sites (tertiary alicyclic amines) is 1. The van der Waals surface area contributed by atoms with Crippen LogP contribution in [0.5, 0.6) is 0 Å². The van der Waals surface area contributed by atoms with Crippen molar-refractivity contribution in [3.8, 4) is 10.4 Å². The fourth-order valence-corrected chi connectivity index (χ4v) is 6.68. The Balaban J connectivity index is 0.00000533. The fourth-order valence-electron chi connectivity index (χ4n) is 4.52. The van der Waals surface area contributed by atoms with Crippen LogP contribution in [-0.4, -0.2) is 56.8 Å². The van der Waals surface area contributed by atoms with Gasteiger partial charge in [-0.2, -0.15) is 4.72 Å². The summed E-state index contributed by atoms with van der Waals surface area (Å²) in [6, 6.07) is 7.58. The lowest BCUT2D eigenvalue weighted by atomic mass is 9.94. The predicted molar refractivity (Wildman–Crippen MR) is 160 cm³/mol. The van der Waals surface area contributed by atoms with E-state index in [1.165, 1.54) is 17.4 Å². The number of hydrogen-bond acceptors (Lipinski definition) is 6. The molecule has 1 unspecified atom stereocenters. The molecule has 3 rings (SSSR count). The van der Waals surface area contributed by atoms with Crippen molar-refractivity contribution in [2.75, 3.05) is 25.0 Å². The minimum absolute atomic E-state index is 0. The van der Waals surface area contributed by atoms with E-state index in [0.29, 0.717) is 31.0 Å². The number of hydrogen-bond donors (Lipinski definition) is 4. The maximum Gasteiger partial charge on any atom is 0.243 e. The van der Waals surface area contributed by atoms with Crippen LogP contribution in [0.2, 0.25) is 0 Å². The Morgan fingerprint density at radius 1 is 1.15 bits per heavy atom. The monoisotopic (exact) mass is 598 g/mol. The summed E-state index contributed by atoms with van der Waals surface area (Å²) in [4.78, 5) is 32.4. The van der Waals surface area contributed by atoms with Crippen molar-refractivity contribution in [2.45, 2.75) is 63.3 Å². The average molecular weight is 599 g/mol. The van der Waals surface area contributed by atoms with Crippen LogP contribution < -0.4 is 21.5 Å². The molecule has 2 amide bonds. The van der Waals surface area contributed by atoms with E-state index in [0.717, 1.165) is 24.1 Å². The molecule has 0 radical (unpaired) electrons. The van der Waals surface area contributed by atoms with E-state index in [9.17, 15) is 18.0 Å². The van der Waals surface area contributed by atoms with Crippen molar-refractivity contribution < 1.29 is 18.0 Å². The van der Waals surface area contributed by atoms with E-state index < -0.39 is 16.1 Å². The number of piperidine rings is 1. The normalized spacial score (nSPS) is 14.8. The number of benzene rings is 1. The topological polar surface area (TPSA) is 160 Å². The minimum atomic E-state index is -4.20. The van der Waals surface area contributed by atoms with Crippen molar-refractivity contribution in [2.24, 2.45) is 22.4 Å². The molecular weight excluding hydrogens is 560 g/mol. The summed E-state index contributed by atoms with van der Waals surface area (Å²) >= 11 is 1.44. The number of nitrogens with zero attached hydrogens (tertiary/aromatic N) is 2. The average Bonchev–Trinajstić information content (AvgIpc) is 3.44. The summed E-state index contributed by atoms with van der Waals surface area (Å²) < 4.78 is 30.2. The maximum absolute atomic E-state index is 13.8. The lowest BCUT2D eigenvalue weighted by Gasteiger charge is -2.34. The molecule has 1 atom stereocenters. The van der Waals surface area contributed by atoms with E-state index in [1.807, 2.05) is 17.5 Å². The minimum Gasteiger partial charge on any atom is -0.370 e. The summed E-state index contributed by atoms with van der Waals surface area (Å²) in [5.74, 6) is -0.0620. The molecule has 1 saturated heterocycles. The molecule has 39 heavy (non-hydrogen) atoms. The molecule has 0 saturated carbocycles. The van der Waals surface area contributed by atoms with E-state index in [2.05, 4.69) is 22.0 Å². The number of anilines is 1. The highest BCUT2D eigenvalue weighted by atomic mass is 35.5. The van der Waals surface area contributed by atoms with Crippen LogP contribution in [0.4, 0.5) is 5.69 Å². The maximum atomic E-state index is 13.8. The van der Waals surface area contributed by atoms with Crippen LogP contribution in [0.3, 0.4) is 0 Å². The van der Waals surface area contributed by atoms with E-state index in [4.69, 9.17) is 11.5 Å². The van der Waals surface area contributed by atoms with Gasteiger partial charge in [-0.15, -0.1) is 23.7 Å². The van der Waals surface area contributed by atoms with Gasteiger partial charge in [0.25, 0.3) is 0 Å². The first-order valence-corrected chi connectivity index (χ1v) is 15.4. The summed E-state index contributed by atoms with van der Waals surface area (Å²) in [5, 5.41) is 4.65. The van der Waals surface area contributed by atoms with Crippen molar-refractivity contribution >= 4 is 57.2 Å². The van der Waals surface area contributed by atoms with Gasteiger partial charge in [-0.3, -0.25) is 14.6 Å². The molecule has 1 aromatic heterocycles. The van der Waals surface area contributed by atoms with Gasteiger partial charge >= 0.3 is 0 Å². The lowest BCUT2D eigenvalue weighted by Crippen LogP contribution is -2.50. The second-order valence-electron chi connectivity index (χ2n) is 9.36. The molecule has 0 spiro atoms. The predicted octanol–water partition coefficient (Wildman–Crippen LogP) is 3.53. The Labute approximate surface area is 241 Å². The number of aliphatic imine (C=N–C) groups is 1. The molecular formula is C26H39ClN6O4S2. The Morgan fingerprint density at radius 3 is 2.46 bits per heavy atom. The van der Waals surface area contributed by atoms with Crippen LogP contribution >= 0.6 is 23.7 Å². The van der Waals surface area contributed by atoms with Gasteiger partial charge in [0.15, 0.2) is 5.96 Å². The smallest absolute Gasteiger partial charge is 0.243 e. The third-order valence-electron chi connectivity index (χ3n) is 6.73. The number of para-hydroxylation sites is 1. The number of nitrogens with one attached hydrogen (secondary N) is 2. The Hall–Kier alpha value is -2.67. The largest absolute Gasteiger partial charge is 0.370 e. The fraction of sp³-hybridized carbons (Fsp3) is 0.500. The lowest BCUT2D eigenvalue weighted by molar-refractivity contribution is -0.134. The van der Waals surface area contributed by atoms with Crippen LogP contribution in [0.25, 0.3) is 10.4 Å². The standard InChI is InChI=1S/C26H38N6O4S2.ClH/c1-3-18-12-15-32(16-13-18)25(34)20(9-6-14-29-26(27)28)31-38(35,36)22-11-5-8-19(21-10-7-17-37-21)24(22)30-23(33)4-2;/h5,7-8,10-11,17-18,20,31H,3-4,6,9,12-16H2,1-2H3,(H,30,33)(H4,27,28,29);1H. The molecule has 2 heterocycles. The quantitative estimate of drug-likeness (QED) is 0.166. The van der Waals surface area contributed by atoms with Crippen molar-refractivity contribution in [1.29, 1.82) is 0 Å². The number of halogens is 1. The zero-order valence-electron chi connectivity index (χ0n) is 22.4. The molecule has 10 nitrogen and oxygen atoms in total. The summed E-state index contributed by atoms with van der Waals surface area (Å²) in [5.41, 5.74) is 11.6. The van der Waals surface area contributed by atoms with Gasteiger partial charge in [0.1, 0.15) is 10.9 Å². The summed E-state index contributed by atoms with van der Waals surface area (Å²) in [7, 11) is -4.20. The van der Waals surface area contributed by atoms with Gasteiger partial charge in [0.2, 0.25) is 21.8 Å². The molecule has 6 N–H and O–H groups in total. The van der Waals surface area contributed by atoms with Gasteiger partial charge in [-0.1, -0.05) is 38.5 Å². The van der Waals surface area contributed by atoms with Crippen molar-refractivity contribution in [3.05, 3.63) is 35.7 Å². The second-order valence-corrected chi connectivity index (χ2v) is 12.0. The van der Waals surface area contributed by atoms with Crippen LogP contribution in [0, 0.1) is 5.92 Å². The molecule has 216 valence electrons. The summed E-state index contributed by atoms with van der Waals surface area (Å²) in [6.07, 6.45) is 3.67. The number of rotatable bonds is 12. The molecule has 0 bridgehead atoms. The first kappa shape index (κ1) is 32.5. The third-order valence-corrected chi connectivity index (χ3v) is 9.15.